The van der Waals surface area contributed by atoms with E-state index >= 15 is 4.39 Å². The van der Waals surface area contributed by atoms with Crippen molar-refractivity contribution in [3.05, 3.63) is 81.5 Å². The molecule has 0 radical (unpaired) electrons. The molecule has 2 fully saturated rings. The van der Waals surface area contributed by atoms with Crippen LogP contribution in [0.5, 0.6) is 0 Å². The van der Waals surface area contributed by atoms with Crippen LogP contribution in [0.2, 0.25) is 0 Å². The first-order valence-corrected chi connectivity index (χ1v) is 13.5. The molecule has 1 aromatic heterocycles. The number of rotatable bonds is 8. The van der Waals surface area contributed by atoms with Crippen molar-refractivity contribution in [3.63, 3.8) is 0 Å². The minimum Gasteiger partial charge on any atom is -0.376 e. The lowest BCUT2D eigenvalue weighted by atomic mass is 9.92. The lowest BCUT2D eigenvalue weighted by molar-refractivity contribution is 0.329. The molecule has 35 heavy (non-hydrogen) atoms. The Morgan fingerprint density at radius 2 is 2.00 bits per heavy atom. The maximum atomic E-state index is 15.4. The number of fused-ring (bicyclic) bond motifs is 1. The zero-order valence-corrected chi connectivity index (χ0v) is 22.3. The molecule has 1 aliphatic heterocycles. The van der Waals surface area contributed by atoms with Crippen LogP contribution in [-0.4, -0.2) is 29.5 Å². The fourth-order valence-corrected chi connectivity index (χ4v) is 5.46. The van der Waals surface area contributed by atoms with Gasteiger partial charge in [-0.3, -0.25) is 0 Å². The Morgan fingerprint density at radius 3 is 2.69 bits per heavy atom. The van der Waals surface area contributed by atoms with Gasteiger partial charge in [0, 0.05) is 31.1 Å². The van der Waals surface area contributed by atoms with Crippen LogP contribution in [0.3, 0.4) is 0 Å². The van der Waals surface area contributed by atoms with Gasteiger partial charge in [0.1, 0.15) is 11.6 Å². The van der Waals surface area contributed by atoms with Crippen molar-refractivity contribution in [3.8, 4) is 0 Å². The van der Waals surface area contributed by atoms with Gasteiger partial charge in [0.2, 0.25) is 0 Å². The second-order valence-electron chi connectivity index (χ2n) is 10.5. The first-order chi connectivity index (χ1) is 16.9. The third kappa shape index (κ3) is 5.97. The van der Waals surface area contributed by atoms with Crippen LogP contribution in [0.15, 0.2) is 70.4 Å². The summed E-state index contributed by atoms with van der Waals surface area (Å²) in [4.78, 5) is 7.06. The van der Waals surface area contributed by atoms with Crippen molar-refractivity contribution >= 4 is 5.82 Å². The molecule has 1 aromatic rings. The fraction of sp³-hybridized carbons (Fsp3) is 0.516. The number of aryl methyl sites for hydroxylation is 1. The second-order valence-corrected chi connectivity index (χ2v) is 10.5. The van der Waals surface area contributed by atoms with Crippen molar-refractivity contribution in [2.45, 2.75) is 85.1 Å². The van der Waals surface area contributed by atoms with Crippen molar-refractivity contribution in [1.82, 2.24) is 9.88 Å². The van der Waals surface area contributed by atoms with Gasteiger partial charge in [-0.05, 0) is 119 Å². The summed E-state index contributed by atoms with van der Waals surface area (Å²) in [6.45, 7) is 9.15. The number of aromatic nitrogens is 1. The predicted octanol–water partition coefficient (Wildman–Crippen LogP) is 7.84. The molecule has 3 nitrogen and oxygen atoms in total. The SMILES string of the molecule is C\C=C(F)/C(=C\C(=C\CC)C1CC1)C(/C=C1/C(Nc2nccc3c2CCC3)CCCN1C)=C(C)C. The van der Waals surface area contributed by atoms with E-state index in [1.165, 1.54) is 41.7 Å². The maximum Gasteiger partial charge on any atom is 0.129 e. The van der Waals surface area contributed by atoms with Gasteiger partial charge in [-0.25, -0.2) is 9.37 Å². The zero-order chi connectivity index (χ0) is 24.9. The summed E-state index contributed by atoms with van der Waals surface area (Å²) in [5.41, 5.74) is 8.14. The molecule has 2 aliphatic carbocycles. The van der Waals surface area contributed by atoms with Gasteiger partial charge in [0.15, 0.2) is 0 Å². The molecular formula is C31H42FN3. The van der Waals surface area contributed by atoms with Gasteiger partial charge in [-0.1, -0.05) is 24.6 Å². The average molecular weight is 476 g/mol. The standard InChI is InChI=1S/C31H42FN3/c1-6-10-24(22-14-15-22)19-27(28(32)7-2)26(21(3)4)20-30-29(13-9-18-35(30)5)34-31-25-12-8-11-23(25)16-17-33-31/h7,10,16-17,19-20,22,29H,6,8-9,11-15,18H2,1-5H3,(H,33,34)/b24-10-,27-19-,28-7+,30-20-. The summed E-state index contributed by atoms with van der Waals surface area (Å²) in [6, 6.07) is 2.32. The van der Waals surface area contributed by atoms with Gasteiger partial charge in [0.25, 0.3) is 0 Å². The number of allylic oxidation sites excluding steroid dienone is 9. The minimum absolute atomic E-state index is 0.147. The summed E-state index contributed by atoms with van der Waals surface area (Å²) >= 11 is 0. The van der Waals surface area contributed by atoms with Crippen LogP contribution in [0.1, 0.15) is 77.3 Å². The number of nitrogens with one attached hydrogen (secondary N) is 1. The Balaban J connectivity index is 1.73. The van der Waals surface area contributed by atoms with E-state index in [1.807, 2.05) is 6.20 Å². The molecule has 1 saturated heterocycles. The third-order valence-electron chi connectivity index (χ3n) is 7.55. The zero-order valence-electron chi connectivity index (χ0n) is 22.3. The molecule has 188 valence electrons. The summed E-state index contributed by atoms with van der Waals surface area (Å²) in [6.07, 6.45) is 19.2. The minimum atomic E-state index is -0.147. The lowest BCUT2D eigenvalue weighted by Crippen LogP contribution is -2.38. The van der Waals surface area contributed by atoms with E-state index < -0.39 is 0 Å². The number of hydrogen-bond donors (Lipinski definition) is 1. The summed E-state index contributed by atoms with van der Waals surface area (Å²) in [5.74, 6) is 1.46. The van der Waals surface area contributed by atoms with Gasteiger partial charge in [-0.2, -0.15) is 0 Å². The molecule has 1 unspecified atom stereocenters. The molecule has 0 amide bonds. The number of hydrogen-bond acceptors (Lipinski definition) is 3. The largest absolute Gasteiger partial charge is 0.376 e. The molecule has 1 atom stereocenters. The van der Waals surface area contributed by atoms with Crippen LogP contribution < -0.4 is 5.32 Å². The molecule has 3 aliphatic rings. The number of anilines is 1. The van der Waals surface area contributed by atoms with Crippen LogP contribution in [0, 0.1) is 5.92 Å². The maximum absolute atomic E-state index is 15.4. The van der Waals surface area contributed by atoms with E-state index in [4.69, 9.17) is 4.98 Å². The highest BCUT2D eigenvalue weighted by molar-refractivity contribution is 5.57. The monoisotopic (exact) mass is 475 g/mol. The molecule has 0 aromatic carbocycles. The molecule has 0 bridgehead atoms. The normalized spacial score (nSPS) is 22.5. The smallest absolute Gasteiger partial charge is 0.129 e. The molecule has 2 heterocycles. The molecular weight excluding hydrogens is 433 g/mol. The third-order valence-corrected chi connectivity index (χ3v) is 7.55. The van der Waals surface area contributed by atoms with Gasteiger partial charge in [0.05, 0.1) is 6.04 Å². The van der Waals surface area contributed by atoms with E-state index in [1.54, 1.807) is 13.0 Å². The van der Waals surface area contributed by atoms with Crippen LogP contribution in [0.25, 0.3) is 0 Å². The van der Waals surface area contributed by atoms with Crippen molar-refractivity contribution in [2.24, 2.45) is 5.92 Å². The number of pyridine rings is 1. The molecule has 0 spiro atoms. The Bertz CT molecular complexity index is 1080. The number of likely N-dealkylation sites (tertiary alicyclic amines) is 1. The molecule has 1 saturated carbocycles. The number of halogens is 1. The van der Waals surface area contributed by atoms with E-state index in [0.29, 0.717) is 11.5 Å². The summed E-state index contributed by atoms with van der Waals surface area (Å²) in [7, 11) is 2.16. The average Bonchev–Trinajstić information content (AvgIpc) is 3.57. The van der Waals surface area contributed by atoms with E-state index in [2.05, 4.69) is 62.3 Å². The topological polar surface area (TPSA) is 28.2 Å². The van der Waals surface area contributed by atoms with Crippen molar-refractivity contribution in [2.75, 3.05) is 18.9 Å². The Labute approximate surface area is 211 Å². The Morgan fingerprint density at radius 1 is 1.20 bits per heavy atom. The second kappa shape index (κ2) is 11.4. The number of nitrogens with zero attached hydrogens (tertiary/aromatic N) is 2. The van der Waals surface area contributed by atoms with Crippen molar-refractivity contribution < 1.29 is 4.39 Å². The van der Waals surface area contributed by atoms with Crippen LogP contribution in [-0.2, 0) is 12.8 Å². The van der Waals surface area contributed by atoms with Gasteiger partial charge >= 0.3 is 0 Å². The van der Waals surface area contributed by atoms with Gasteiger partial charge < -0.3 is 10.2 Å². The summed E-state index contributed by atoms with van der Waals surface area (Å²) in [5, 5.41) is 3.79. The van der Waals surface area contributed by atoms with E-state index in [0.717, 1.165) is 55.6 Å². The molecule has 4 rings (SSSR count). The lowest BCUT2D eigenvalue weighted by Gasteiger charge is -2.36. The molecule has 1 N–H and O–H groups in total. The Hall–Kier alpha value is -2.62. The number of likely N-dealkylation sites (N-methyl/N-ethyl adjacent to an activating group) is 1. The Kier molecular flexibility index (Phi) is 8.30. The highest BCUT2D eigenvalue weighted by Gasteiger charge is 2.28. The highest BCUT2D eigenvalue weighted by Crippen LogP contribution is 2.40. The van der Waals surface area contributed by atoms with Crippen LogP contribution in [0.4, 0.5) is 10.2 Å². The number of piperidine rings is 1. The van der Waals surface area contributed by atoms with Crippen molar-refractivity contribution in [1.29, 1.82) is 0 Å². The first kappa shape index (κ1) is 25.5. The van der Waals surface area contributed by atoms with E-state index in [9.17, 15) is 0 Å². The molecule has 4 heteroatoms. The predicted molar refractivity (Wildman–Crippen MR) is 146 cm³/mol. The summed E-state index contributed by atoms with van der Waals surface area (Å²) < 4.78 is 15.4. The first-order valence-electron chi connectivity index (χ1n) is 13.5. The fourth-order valence-electron chi connectivity index (χ4n) is 5.46. The van der Waals surface area contributed by atoms with E-state index in [-0.39, 0.29) is 11.9 Å². The van der Waals surface area contributed by atoms with Gasteiger partial charge in [-0.15, -0.1) is 0 Å². The van der Waals surface area contributed by atoms with Crippen LogP contribution >= 0.6 is 0 Å². The quantitative estimate of drug-likeness (QED) is 0.388. The highest BCUT2D eigenvalue weighted by atomic mass is 19.1.